The lowest BCUT2D eigenvalue weighted by atomic mass is 9.90. The van der Waals surface area contributed by atoms with Crippen molar-refractivity contribution in [1.29, 1.82) is 0 Å². The van der Waals surface area contributed by atoms with E-state index in [1.54, 1.807) is 6.92 Å². The van der Waals surface area contributed by atoms with Crippen LogP contribution in [0.25, 0.3) is 0 Å². The van der Waals surface area contributed by atoms with Crippen LogP contribution in [0.5, 0.6) is 0 Å². The molecule has 0 saturated carbocycles. The van der Waals surface area contributed by atoms with Crippen molar-refractivity contribution in [3.8, 4) is 0 Å². The molecule has 2 nitrogen and oxygen atoms in total. The average Bonchev–Trinajstić information content (AvgIpc) is 2.65. The largest absolute Gasteiger partial charge is 0.425 e. The van der Waals surface area contributed by atoms with Crippen molar-refractivity contribution in [1.82, 2.24) is 0 Å². The number of rotatable bonds is 3. The molecule has 0 aliphatic heterocycles. The molecule has 0 saturated heterocycles. The Kier molecular flexibility index (Phi) is 3.42. The number of nitrogens with two attached hydrogens (primary N) is 1. The third kappa shape index (κ3) is 2.50. The summed E-state index contributed by atoms with van der Waals surface area (Å²) in [6.07, 6.45) is -4.33. The monoisotopic (exact) mass is 239 g/mol. The lowest BCUT2D eigenvalue weighted by molar-refractivity contribution is -0.134. The molecule has 0 aromatic carbocycles. The molecule has 0 amide bonds. The highest BCUT2D eigenvalue weighted by Crippen LogP contribution is 2.38. The molecule has 1 rings (SSSR count). The van der Waals surface area contributed by atoms with Gasteiger partial charge in [-0.15, -0.1) is 11.3 Å². The van der Waals surface area contributed by atoms with Gasteiger partial charge in [0.25, 0.3) is 0 Å². The smallest absolute Gasteiger partial charge is 0.395 e. The van der Waals surface area contributed by atoms with Gasteiger partial charge >= 0.3 is 6.18 Å². The zero-order chi connectivity index (χ0) is 11.7. The first kappa shape index (κ1) is 12.5. The molecule has 1 aromatic rings. The summed E-state index contributed by atoms with van der Waals surface area (Å²) in [5.74, 6) is 0. The van der Waals surface area contributed by atoms with Gasteiger partial charge in [-0.2, -0.15) is 13.2 Å². The average molecular weight is 239 g/mol. The van der Waals surface area contributed by atoms with E-state index >= 15 is 0 Å². The van der Waals surface area contributed by atoms with Gasteiger partial charge in [-0.05, 0) is 12.1 Å². The van der Waals surface area contributed by atoms with Gasteiger partial charge in [-0.25, -0.2) is 0 Å². The van der Waals surface area contributed by atoms with Gasteiger partial charge in [-0.3, -0.25) is 0 Å². The first-order valence-corrected chi connectivity index (χ1v) is 5.13. The summed E-state index contributed by atoms with van der Waals surface area (Å²) in [6, 6.07) is 2.39. The van der Waals surface area contributed by atoms with Gasteiger partial charge in [0.05, 0.1) is 6.61 Å². The van der Waals surface area contributed by atoms with Gasteiger partial charge in [0, 0.05) is 16.8 Å². The van der Waals surface area contributed by atoms with Gasteiger partial charge in [-0.1, -0.05) is 6.92 Å². The van der Waals surface area contributed by atoms with E-state index in [9.17, 15) is 13.2 Å². The number of aliphatic hydroxyl groups excluding tert-OH is 1. The van der Waals surface area contributed by atoms with E-state index in [-0.39, 0.29) is 13.2 Å². The van der Waals surface area contributed by atoms with Gasteiger partial charge < -0.3 is 10.8 Å². The van der Waals surface area contributed by atoms with Crippen molar-refractivity contribution < 1.29 is 18.3 Å². The van der Waals surface area contributed by atoms with E-state index in [0.717, 1.165) is 6.07 Å². The molecule has 6 heteroatoms. The number of halogens is 3. The van der Waals surface area contributed by atoms with Crippen molar-refractivity contribution in [2.45, 2.75) is 18.5 Å². The Bertz CT molecular complexity index is 330. The fourth-order valence-electron chi connectivity index (χ4n) is 1.06. The zero-order valence-corrected chi connectivity index (χ0v) is 8.95. The Labute approximate surface area is 89.5 Å². The molecule has 1 aromatic heterocycles. The van der Waals surface area contributed by atoms with E-state index in [1.165, 1.54) is 6.07 Å². The first-order chi connectivity index (χ1) is 6.83. The minimum Gasteiger partial charge on any atom is -0.395 e. The zero-order valence-electron chi connectivity index (χ0n) is 8.14. The molecule has 0 aliphatic rings. The first-order valence-electron chi connectivity index (χ1n) is 4.32. The predicted octanol–water partition coefficient (Wildman–Crippen LogP) is 1.98. The SMILES string of the molecule is CC(CN)(CO)c1ccc(C(F)(F)F)s1. The number of hydrogen-bond donors (Lipinski definition) is 2. The van der Waals surface area contributed by atoms with Crippen LogP contribution in [0.1, 0.15) is 16.7 Å². The van der Waals surface area contributed by atoms with Crippen molar-refractivity contribution in [2.24, 2.45) is 5.73 Å². The summed E-state index contributed by atoms with van der Waals surface area (Å²) in [5.41, 5.74) is 4.65. The highest BCUT2D eigenvalue weighted by Gasteiger charge is 2.35. The van der Waals surface area contributed by atoms with Crippen LogP contribution in [0.4, 0.5) is 13.2 Å². The van der Waals surface area contributed by atoms with Crippen molar-refractivity contribution in [3.63, 3.8) is 0 Å². The normalized spacial score (nSPS) is 16.4. The van der Waals surface area contributed by atoms with E-state index < -0.39 is 16.5 Å². The second-order valence-electron chi connectivity index (χ2n) is 3.58. The molecule has 15 heavy (non-hydrogen) atoms. The fraction of sp³-hybridized carbons (Fsp3) is 0.556. The van der Waals surface area contributed by atoms with Crippen LogP contribution in [0.2, 0.25) is 0 Å². The van der Waals surface area contributed by atoms with E-state index in [4.69, 9.17) is 10.8 Å². The highest BCUT2D eigenvalue weighted by molar-refractivity contribution is 7.12. The van der Waals surface area contributed by atoms with Gasteiger partial charge in [0.1, 0.15) is 4.88 Å². The maximum Gasteiger partial charge on any atom is 0.425 e. The summed E-state index contributed by atoms with van der Waals surface area (Å²) in [7, 11) is 0. The highest BCUT2D eigenvalue weighted by atomic mass is 32.1. The molecule has 1 unspecified atom stereocenters. The van der Waals surface area contributed by atoms with E-state index in [2.05, 4.69) is 0 Å². The molecule has 3 N–H and O–H groups in total. The predicted molar refractivity (Wildman–Crippen MR) is 52.8 cm³/mol. The molecule has 0 fully saturated rings. The van der Waals surface area contributed by atoms with Crippen LogP contribution in [0.3, 0.4) is 0 Å². The third-order valence-corrected chi connectivity index (χ3v) is 3.72. The number of thiophene rings is 1. The van der Waals surface area contributed by atoms with Crippen molar-refractivity contribution in [3.05, 3.63) is 21.9 Å². The van der Waals surface area contributed by atoms with Crippen LogP contribution in [0, 0.1) is 0 Å². The Morgan fingerprint density at radius 3 is 2.20 bits per heavy atom. The standard InChI is InChI=1S/C9H12F3NOS/c1-8(4-13,5-14)6-2-3-7(15-6)9(10,11)12/h2-3,14H,4-5,13H2,1H3. The maximum absolute atomic E-state index is 12.3. The molecular weight excluding hydrogens is 227 g/mol. The lowest BCUT2D eigenvalue weighted by Crippen LogP contribution is -2.34. The second kappa shape index (κ2) is 4.11. The molecule has 1 atom stereocenters. The van der Waals surface area contributed by atoms with E-state index in [0.29, 0.717) is 16.2 Å². The molecule has 86 valence electrons. The summed E-state index contributed by atoms with van der Waals surface area (Å²) < 4.78 is 36.9. The summed E-state index contributed by atoms with van der Waals surface area (Å²) in [5, 5.41) is 9.10. The summed E-state index contributed by atoms with van der Waals surface area (Å²) in [4.78, 5) is -0.203. The van der Waals surface area contributed by atoms with Gasteiger partial charge in [0.2, 0.25) is 0 Å². The Hall–Kier alpha value is -0.590. The summed E-state index contributed by atoms with van der Waals surface area (Å²) >= 11 is 0.631. The van der Waals surface area contributed by atoms with Crippen LogP contribution in [-0.4, -0.2) is 18.3 Å². The summed E-state index contributed by atoms with van der Waals surface area (Å²) in [6.45, 7) is 1.49. The fourth-order valence-corrected chi connectivity index (χ4v) is 2.08. The third-order valence-electron chi connectivity index (χ3n) is 2.28. The maximum atomic E-state index is 12.3. The lowest BCUT2D eigenvalue weighted by Gasteiger charge is -2.23. The Morgan fingerprint density at radius 2 is 1.87 bits per heavy atom. The molecule has 0 radical (unpaired) electrons. The Balaban J connectivity index is 3.03. The minimum atomic E-state index is -4.33. The topological polar surface area (TPSA) is 46.2 Å². The molecule has 0 aliphatic carbocycles. The molecule has 1 heterocycles. The van der Waals surface area contributed by atoms with Gasteiger partial charge in [0.15, 0.2) is 0 Å². The Morgan fingerprint density at radius 1 is 1.33 bits per heavy atom. The minimum absolute atomic E-state index is 0.112. The van der Waals surface area contributed by atoms with Crippen LogP contribution in [-0.2, 0) is 11.6 Å². The van der Waals surface area contributed by atoms with Crippen LogP contribution < -0.4 is 5.73 Å². The molecular formula is C9H12F3NOS. The number of alkyl halides is 3. The number of aliphatic hydroxyl groups is 1. The molecule has 0 spiro atoms. The quantitative estimate of drug-likeness (QED) is 0.847. The molecule has 0 bridgehead atoms. The van der Waals surface area contributed by atoms with Crippen molar-refractivity contribution >= 4 is 11.3 Å². The van der Waals surface area contributed by atoms with Crippen LogP contribution in [0.15, 0.2) is 12.1 Å². The second-order valence-corrected chi connectivity index (χ2v) is 4.67. The van der Waals surface area contributed by atoms with Crippen molar-refractivity contribution in [2.75, 3.05) is 13.2 Å². The van der Waals surface area contributed by atoms with Crippen LogP contribution >= 0.6 is 11.3 Å². The number of hydrogen-bond acceptors (Lipinski definition) is 3. The van der Waals surface area contributed by atoms with E-state index in [1.807, 2.05) is 0 Å².